The van der Waals surface area contributed by atoms with Gasteiger partial charge in [-0.25, -0.2) is 0 Å². The lowest BCUT2D eigenvalue weighted by Gasteiger charge is -2.35. The lowest BCUT2D eigenvalue weighted by atomic mass is 10.1. The number of rotatable bonds is 3. The first-order valence-electron chi connectivity index (χ1n) is 6.45. The third-order valence-electron chi connectivity index (χ3n) is 3.42. The van der Waals surface area contributed by atoms with Crippen LogP contribution in [0.15, 0.2) is 18.2 Å². The van der Waals surface area contributed by atoms with Gasteiger partial charge in [0.05, 0.1) is 25.7 Å². The summed E-state index contributed by atoms with van der Waals surface area (Å²) in [5.74, 6) is -1.12. The molecule has 2 rings (SSSR count). The predicted molar refractivity (Wildman–Crippen MR) is 73.5 cm³/mol. The summed E-state index contributed by atoms with van der Waals surface area (Å²) in [5.41, 5.74) is 7.72. The van der Waals surface area contributed by atoms with Gasteiger partial charge >= 0.3 is 5.97 Å². The van der Waals surface area contributed by atoms with E-state index >= 15 is 0 Å². The first-order chi connectivity index (χ1) is 9.49. The lowest BCUT2D eigenvalue weighted by Crippen LogP contribution is -2.49. The summed E-state index contributed by atoms with van der Waals surface area (Å²) in [6.45, 7) is 2.92. The molecule has 0 aliphatic carbocycles. The topological polar surface area (TPSA) is 92.9 Å². The Bertz CT molecular complexity index is 530. The van der Waals surface area contributed by atoms with Gasteiger partial charge in [0.15, 0.2) is 0 Å². The highest BCUT2D eigenvalue weighted by atomic mass is 16.5. The van der Waals surface area contributed by atoms with E-state index in [1.807, 2.05) is 6.92 Å². The molecule has 3 N–H and O–H groups in total. The summed E-state index contributed by atoms with van der Waals surface area (Å²) in [4.78, 5) is 24.9. The molecule has 1 aliphatic heterocycles. The van der Waals surface area contributed by atoms with Crippen LogP contribution in [0.1, 0.15) is 22.3 Å². The molecule has 6 nitrogen and oxygen atoms in total. The SMILES string of the molecule is Cc1cc(C(=O)N2CCOCC2CC(=O)O)ccc1N. The number of nitrogens with zero attached hydrogens (tertiary/aromatic N) is 1. The molecular weight excluding hydrogens is 260 g/mol. The number of morpholine rings is 1. The molecule has 6 heteroatoms. The minimum atomic E-state index is -0.938. The predicted octanol–water partition coefficient (Wildman–Crippen LogP) is 0.893. The van der Waals surface area contributed by atoms with Crippen molar-refractivity contribution in [2.75, 3.05) is 25.5 Å². The van der Waals surface area contributed by atoms with Crippen molar-refractivity contribution in [3.05, 3.63) is 29.3 Å². The fourth-order valence-electron chi connectivity index (χ4n) is 2.27. The van der Waals surface area contributed by atoms with Crippen molar-refractivity contribution in [2.45, 2.75) is 19.4 Å². The van der Waals surface area contributed by atoms with Crippen LogP contribution in [0, 0.1) is 6.92 Å². The Labute approximate surface area is 117 Å². The average molecular weight is 278 g/mol. The molecule has 1 amide bonds. The number of aliphatic carboxylic acids is 1. The molecule has 1 fully saturated rings. The van der Waals surface area contributed by atoms with Gasteiger partial charge in [-0.3, -0.25) is 9.59 Å². The number of carbonyl (C=O) groups is 2. The van der Waals surface area contributed by atoms with Gasteiger partial charge in [0.2, 0.25) is 0 Å². The number of ether oxygens (including phenoxy) is 1. The Morgan fingerprint density at radius 3 is 2.90 bits per heavy atom. The molecule has 1 saturated heterocycles. The third-order valence-corrected chi connectivity index (χ3v) is 3.42. The summed E-state index contributed by atoms with van der Waals surface area (Å²) in [6.07, 6.45) is -0.111. The van der Waals surface area contributed by atoms with Gasteiger partial charge in [0, 0.05) is 17.8 Å². The quantitative estimate of drug-likeness (QED) is 0.801. The molecule has 108 valence electrons. The van der Waals surface area contributed by atoms with E-state index in [0.29, 0.717) is 24.4 Å². The van der Waals surface area contributed by atoms with Crippen molar-refractivity contribution in [3.8, 4) is 0 Å². The first kappa shape index (κ1) is 14.3. The molecule has 1 unspecified atom stereocenters. The number of amides is 1. The van der Waals surface area contributed by atoms with E-state index in [0.717, 1.165) is 5.56 Å². The minimum Gasteiger partial charge on any atom is -0.481 e. The monoisotopic (exact) mass is 278 g/mol. The molecule has 1 aromatic carbocycles. The van der Waals surface area contributed by atoms with Crippen LogP contribution in [0.3, 0.4) is 0 Å². The van der Waals surface area contributed by atoms with Crippen molar-refractivity contribution < 1.29 is 19.4 Å². The molecule has 1 aliphatic rings. The third kappa shape index (κ3) is 3.08. The highest BCUT2D eigenvalue weighted by molar-refractivity contribution is 5.95. The van der Waals surface area contributed by atoms with Crippen LogP contribution >= 0.6 is 0 Å². The van der Waals surface area contributed by atoms with Gasteiger partial charge < -0.3 is 20.5 Å². The molecule has 0 aromatic heterocycles. The number of nitrogens with two attached hydrogens (primary N) is 1. The van der Waals surface area contributed by atoms with Crippen LogP contribution in [0.25, 0.3) is 0 Å². The zero-order valence-corrected chi connectivity index (χ0v) is 11.3. The van der Waals surface area contributed by atoms with Crippen LogP contribution in [0.5, 0.6) is 0 Å². The van der Waals surface area contributed by atoms with E-state index in [9.17, 15) is 9.59 Å². The fourth-order valence-corrected chi connectivity index (χ4v) is 2.27. The summed E-state index contributed by atoms with van der Waals surface area (Å²) in [6, 6.07) is 4.66. The minimum absolute atomic E-state index is 0.111. The fraction of sp³-hybridized carbons (Fsp3) is 0.429. The molecule has 1 aromatic rings. The Kier molecular flexibility index (Phi) is 4.24. The van der Waals surface area contributed by atoms with E-state index in [1.54, 1.807) is 23.1 Å². The Morgan fingerprint density at radius 2 is 2.25 bits per heavy atom. The Balaban J connectivity index is 2.20. The van der Waals surface area contributed by atoms with Crippen molar-refractivity contribution in [1.29, 1.82) is 0 Å². The highest BCUT2D eigenvalue weighted by Gasteiger charge is 2.29. The van der Waals surface area contributed by atoms with Gasteiger partial charge in [-0.05, 0) is 30.7 Å². The van der Waals surface area contributed by atoms with Crippen LogP contribution in [-0.2, 0) is 9.53 Å². The van der Waals surface area contributed by atoms with Crippen molar-refractivity contribution in [2.24, 2.45) is 0 Å². The molecule has 0 saturated carbocycles. The van der Waals surface area contributed by atoms with Gasteiger partial charge in [-0.2, -0.15) is 0 Å². The molecule has 1 atom stereocenters. The Hall–Kier alpha value is -2.08. The number of carboxylic acid groups (broad SMARTS) is 1. The van der Waals surface area contributed by atoms with Gasteiger partial charge in [-0.15, -0.1) is 0 Å². The second-order valence-electron chi connectivity index (χ2n) is 4.90. The second-order valence-corrected chi connectivity index (χ2v) is 4.90. The summed E-state index contributed by atoms with van der Waals surface area (Å²) < 4.78 is 5.26. The molecule has 0 radical (unpaired) electrons. The van der Waals surface area contributed by atoms with Crippen LogP contribution in [-0.4, -0.2) is 47.7 Å². The average Bonchev–Trinajstić information content (AvgIpc) is 2.41. The molecule has 0 bridgehead atoms. The van der Waals surface area contributed by atoms with E-state index in [4.69, 9.17) is 15.6 Å². The maximum Gasteiger partial charge on any atom is 0.305 e. The normalized spacial score (nSPS) is 18.9. The number of carboxylic acids is 1. The zero-order chi connectivity index (χ0) is 14.7. The van der Waals surface area contributed by atoms with Crippen molar-refractivity contribution in [1.82, 2.24) is 4.90 Å². The van der Waals surface area contributed by atoms with E-state index in [-0.39, 0.29) is 18.9 Å². The first-order valence-corrected chi connectivity index (χ1v) is 6.45. The maximum absolute atomic E-state index is 12.5. The van der Waals surface area contributed by atoms with Crippen LogP contribution < -0.4 is 5.73 Å². The number of anilines is 1. The number of aryl methyl sites for hydroxylation is 1. The van der Waals surface area contributed by atoms with Crippen molar-refractivity contribution >= 4 is 17.6 Å². The summed E-state index contributed by atoms with van der Waals surface area (Å²) >= 11 is 0. The number of benzene rings is 1. The number of carbonyl (C=O) groups excluding carboxylic acids is 1. The van der Waals surface area contributed by atoms with Crippen molar-refractivity contribution in [3.63, 3.8) is 0 Å². The van der Waals surface area contributed by atoms with E-state index < -0.39 is 12.0 Å². The van der Waals surface area contributed by atoms with Gasteiger partial charge in [0.25, 0.3) is 5.91 Å². The van der Waals surface area contributed by atoms with E-state index in [1.165, 1.54) is 0 Å². The number of nitrogen functional groups attached to an aromatic ring is 1. The van der Waals surface area contributed by atoms with Crippen LogP contribution in [0.4, 0.5) is 5.69 Å². The molecule has 0 spiro atoms. The second kappa shape index (κ2) is 5.92. The number of hydrogen-bond donors (Lipinski definition) is 2. The smallest absolute Gasteiger partial charge is 0.305 e. The maximum atomic E-state index is 12.5. The van der Waals surface area contributed by atoms with Crippen LogP contribution in [0.2, 0.25) is 0 Å². The van der Waals surface area contributed by atoms with Gasteiger partial charge in [0.1, 0.15) is 0 Å². The largest absolute Gasteiger partial charge is 0.481 e. The highest BCUT2D eigenvalue weighted by Crippen LogP contribution is 2.18. The summed E-state index contributed by atoms with van der Waals surface area (Å²) in [5, 5.41) is 8.91. The summed E-state index contributed by atoms with van der Waals surface area (Å²) in [7, 11) is 0. The molecule has 1 heterocycles. The molecule has 20 heavy (non-hydrogen) atoms. The standard InChI is InChI=1S/C14H18N2O4/c1-9-6-10(2-3-12(9)15)14(19)16-4-5-20-8-11(16)7-13(17)18/h2-3,6,11H,4-5,7-8,15H2,1H3,(H,17,18). The van der Waals surface area contributed by atoms with Gasteiger partial charge in [-0.1, -0.05) is 0 Å². The Morgan fingerprint density at radius 1 is 1.50 bits per heavy atom. The number of hydrogen-bond acceptors (Lipinski definition) is 4. The molecular formula is C14H18N2O4. The zero-order valence-electron chi connectivity index (χ0n) is 11.3. The lowest BCUT2D eigenvalue weighted by molar-refractivity contribution is -0.139. The van der Waals surface area contributed by atoms with E-state index in [2.05, 4.69) is 0 Å².